The average molecular weight is 359 g/mol. The molecule has 0 spiro atoms. The monoisotopic (exact) mass is 359 g/mol. The average Bonchev–Trinajstić information content (AvgIpc) is 2.60. The van der Waals surface area contributed by atoms with Crippen molar-refractivity contribution < 1.29 is 23.8 Å². The summed E-state index contributed by atoms with van der Waals surface area (Å²) in [7, 11) is 0. The van der Waals surface area contributed by atoms with Gasteiger partial charge in [-0.15, -0.1) is 0 Å². The van der Waals surface area contributed by atoms with Crippen molar-refractivity contribution >= 4 is 11.9 Å². The van der Waals surface area contributed by atoms with Crippen molar-refractivity contribution in [2.24, 2.45) is 0 Å². The van der Waals surface area contributed by atoms with Gasteiger partial charge in [-0.2, -0.15) is 0 Å². The van der Waals surface area contributed by atoms with Crippen LogP contribution >= 0.6 is 0 Å². The highest BCUT2D eigenvalue weighted by Crippen LogP contribution is 2.16. The van der Waals surface area contributed by atoms with Crippen LogP contribution in [0.3, 0.4) is 0 Å². The molecule has 6 heteroatoms. The van der Waals surface area contributed by atoms with Crippen molar-refractivity contribution in [3.05, 3.63) is 65.5 Å². The van der Waals surface area contributed by atoms with Gasteiger partial charge in [0.05, 0.1) is 12.5 Å². The number of rotatable bonds is 9. The Labute approximate surface area is 151 Å². The number of hydrogen-bond donors (Lipinski definition) is 2. The number of benzene rings is 2. The third-order valence-corrected chi connectivity index (χ3v) is 3.88. The van der Waals surface area contributed by atoms with E-state index in [1.807, 2.05) is 31.2 Å². The lowest BCUT2D eigenvalue weighted by Crippen LogP contribution is -2.31. The van der Waals surface area contributed by atoms with Crippen LogP contribution in [-0.2, 0) is 9.59 Å². The van der Waals surface area contributed by atoms with Crippen molar-refractivity contribution in [1.82, 2.24) is 5.32 Å². The van der Waals surface area contributed by atoms with Crippen LogP contribution in [0, 0.1) is 12.7 Å². The van der Waals surface area contributed by atoms with E-state index in [1.165, 1.54) is 24.3 Å². The van der Waals surface area contributed by atoms with E-state index in [0.29, 0.717) is 18.6 Å². The first kappa shape index (κ1) is 19.4. The number of carbonyl (C=O) groups is 2. The quantitative estimate of drug-likeness (QED) is 0.674. The SMILES string of the molecule is Cc1cccc(OCCCC(=O)NCC(C(=O)O)c2ccc(F)cc2)c1. The third-order valence-electron chi connectivity index (χ3n) is 3.88. The maximum atomic E-state index is 13.0. The highest BCUT2D eigenvalue weighted by atomic mass is 19.1. The minimum absolute atomic E-state index is 0.0431. The number of halogens is 1. The van der Waals surface area contributed by atoms with Gasteiger partial charge < -0.3 is 15.2 Å². The molecule has 1 unspecified atom stereocenters. The molecular formula is C20H22FNO4. The van der Waals surface area contributed by atoms with Crippen LogP contribution in [0.5, 0.6) is 5.75 Å². The fourth-order valence-electron chi connectivity index (χ4n) is 2.47. The fourth-order valence-corrected chi connectivity index (χ4v) is 2.47. The lowest BCUT2D eigenvalue weighted by atomic mass is 9.99. The van der Waals surface area contributed by atoms with E-state index < -0.39 is 17.7 Å². The van der Waals surface area contributed by atoms with Gasteiger partial charge in [0.1, 0.15) is 11.6 Å². The Morgan fingerprint density at radius 3 is 2.58 bits per heavy atom. The molecule has 2 rings (SSSR count). The topological polar surface area (TPSA) is 75.6 Å². The summed E-state index contributed by atoms with van der Waals surface area (Å²) in [6, 6.07) is 12.9. The highest BCUT2D eigenvalue weighted by Gasteiger charge is 2.20. The summed E-state index contributed by atoms with van der Waals surface area (Å²) in [5.74, 6) is -1.91. The molecule has 0 aliphatic rings. The van der Waals surface area contributed by atoms with Gasteiger partial charge in [-0.05, 0) is 48.7 Å². The largest absolute Gasteiger partial charge is 0.494 e. The lowest BCUT2D eigenvalue weighted by Gasteiger charge is -2.14. The summed E-state index contributed by atoms with van der Waals surface area (Å²) >= 11 is 0. The first-order chi connectivity index (χ1) is 12.5. The summed E-state index contributed by atoms with van der Waals surface area (Å²) in [4.78, 5) is 23.3. The van der Waals surface area contributed by atoms with E-state index in [4.69, 9.17) is 4.74 Å². The van der Waals surface area contributed by atoms with Crippen molar-refractivity contribution in [3.63, 3.8) is 0 Å². The summed E-state index contributed by atoms with van der Waals surface area (Å²) in [6.07, 6.45) is 0.760. The number of carbonyl (C=O) groups excluding carboxylic acids is 1. The van der Waals surface area contributed by atoms with Crippen molar-refractivity contribution in [2.75, 3.05) is 13.2 Å². The summed E-state index contributed by atoms with van der Waals surface area (Å²) in [6.45, 7) is 2.33. The molecular weight excluding hydrogens is 337 g/mol. The van der Waals surface area contributed by atoms with Crippen LogP contribution < -0.4 is 10.1 Å². The van der Waals surface area contributed by atoms with Gasteiger partial charge in [-0.3, -0.25) is 9.59 Å². The Kier molecular flexibility index (Phi) is 7.14. The normalized spacial score (nSPS) is 11.6. The number of aliphatic carboxylic acids is 1. The molecule has 5 nitrogen and oxygen atoms in total. The van der Waals surface area contributed by atoms with Crippen LogP contribution in [0.2, 0.25) is 0 Å². The molecule has 0 aromatic heterocycles. The molecule has 2 aromatic carbocycles. The minimum Gasteiger partial charge on any atom is -0.494 e. The fraction of sp³-hybridized carbons (Fsp3) is 0.300. The molecule has 0 aliphatic heterocycles. The zero-order valence-corrected chi connectivity index (χ0v) is 14.6. The third kappa shape index (κ3) is 6.20. The number of hydrogen-bond acceptors (Lipinski definition) is 3. The molecule has 138 valence electrons. The Morgan fingerprint density at radius 2 is 1.92 bits per heavy atom. The maximum Gasteiger partial charge on any atom is 0.312 e. The van der Waals surface area contributed by atoms with Gasteiger partial charge in [0.15, 0.2) is 0 Å². The maximum absolute atomic E-state index is 13.0. The first-order valence-electron chi connectivity index (χ1n) is 8.40. The molecule has 0 bridgehead atoms. The second kappa shape index (κ2) is 9.56. The van der Waals surface area contributed by atoms with Gasteiger partial charge in [0.25, 0.3) is 0 Å². The summed E-state index contributed by atoms with van der Waals surface area (Å²) in [5.41, 5.74) is 1.54. The van der Waals surface area contributed by atoms with Gasteiger partial charge in [-0.25, -0.2) is 4.39 Å². The van der Waals surface area contributed by atoms with E-state index in [1.54, 1.807) is 0 Å². The summed E-state index contributed by atoms with van der Waals surface area (Å²) < 4.78 is 18.5. The minimum atomic E-state index is -1.07. The molecule has 1 amide bonds. The second-order valence-corrected chi connectivity index (χ2v) is 6.01. The van der Waals surface area contributed by atoms with Gasteiger partial charge in [-0.1, -0.05) is 24.3 Å². The predicted octanol–water partition coefficient (Wildman–Crippen LogP) is 3.28. The Bertz CT molecular complexity index is 746. The van der Waals surface area contributed by atoms with E-state index in [0.717, 1.165) is 11.3 Å². The van der Waals surface area contributed by atoms with Crippen LogP contribution in [0.15, 0.2) is 48.5 Å². The molecule has 26 heavy (non-hydrogen) atoms. The smallest absolute Gasteiger partial charge is 0.312 e. The Morgan fingerprint density at radius 1 is 1.19 bits per heavy atom. The van der Waals surface area contributed by atoms with Crippen LogP contribution in [0.4, 0.5) is 4.39 Å². The molecule has 2 aromatic rings. The molecule has 0 aliphatic carbocycles. The van der Waals surface area contributed by atoms with Crippen LogP contribution in [0.1, 0.15) is 29.9 Å². The number of amides is 1. The van der Waals surface area contributed by atoms with Gasteiger partial charge >= 0.3 is 5.97 Å². The predicted molar refractivity (Wildman–Crippen MR) is 95.7 cm³/mol. The summed E-state index contributed by atoms with van der Waals surface area (Å²) in [5, 5.41) is 11.9. The highest BCUT2D eigenvalue weighted by molar-refractivity contribution is 5.79. The van der Waals surface area contributed by atoms with Crippen LogP contribution in [0.25, 0.3) is 0 Å². The van der Waals surface area contributed by atoms with E-state index in [2.05, 4.69) is 5.32 Å². The molecule has 0 radical (unpaired) electrons. The van der Waals surface area contributed by atoms with Crippen molar-refractivity contribution in [2.45, 2.75) is 25.7 Å². The standard InChI is InChI=1S/C20H22FNO4/c1-14-4-2-5-17(12-14)26-11-3-6-19(23)22-13-18(20(24)25)15-7-9-16(21)10-8-15/h2,4-5,7-10,12,18H,3,6,11,13H2,1H3,(H,22,23)(H,24,25). The van der Waals surface area contributed by atoms with Gasteiger partial charge in [0.2, 0.25) is 5.91 Å². The lowest BCUT2D eigenvalue weighted by molar-refractivity contribution is -0.138. The van der Waals surface area contributed by atoms with E-state index in [-0.39, 0.29) is 18.9 Å². The number of ether oxygens (including phenoxy) is 1. The zero-order chi connectivity index (χ0) is 18.9. The number of carboxylic acid groups (broad SMARTS) is 1. The number of aryl methyl sites for hydroxylation is 1. The Balaban J connectivity index is 1.74. The van der Waals surface area contributed by atoms with E-state index in [9.17, 15) is 19.1 Å². The molecule has 0 fully saturated rings. The molecule has 2 N–H and O–H groups in total. The van der Waals surface area contributed by atoms with Crippen LogP contribution in [-0.4, -0.2) is 30.1 Å². The zero-order valence-electron chi connectivity index (χ0n) is 14.6. The molecule has 0 heterocycles. The molecule has 0 saturated carbocycles. The molecule has 1 atom stereocenters. The number of carboxylic acids is 1. The number of nitrogens with one attached hydrogen (secondary N) is 1. The van der Waals surface area contributed by atoms with E-state index >= 15 is 0 Å². The second-order valence-electron chi connectivity index (χ2n) is 6.01. The first-order valence-corrected chi connectivity index (χ1v) is 8.40. The van der Waals surface area contributed by atoms with Crippen molar-refractivity contribution in [3.8, 4) is 5.75 Å². The Hall–Kier alpha value is -2.89. The van der Waals surface area contributed by atoms with Crippen molar-refractivity contribution in [1.29, 1.82) is 0 Å². The molecule has 0 saturated heterocycles. The van der Waals surface area contributed by atoms with Gasteiger partial charge in [0, 0.05) is 13.0 Å².